The van der Waals surface area contributed by atoms with Gasteiger partial charge in [0, 0.05) is 0 Å². The van der Waals surface area contributed by atoms with Crippen molar-refractivity contribution in [3.05, 3.63) is 0 Å². The minimum atomic E-state index is 0.365. The van der Waals surface area contributed by atoms with Gasteiger partial charge in [-0.25, -0.2) is 15.0 Å². The Morgan fingerprint density at radius 3 is 2.50 bits per heavy atom. The molecular formula is C5H4N4S3. The van der Waals surface area contributed by atoms with Crippen LogP contribution >= 0.6 is 37.9 Å². The molecular weight excluding hydrogens is 212 g/mol. The standard InChI is InChI=1S/C5H4N4S3/c10-3-1-2(7-4(11)6-1)8-5(12)9-3/h(H4,6,7,8,9,10,11,12). The highest BCUT2D eigenvalue weighted by atomic mass is 32.1. The summed E-state index contributed by atoms with van der Waals surface area (Å²) in [5.74, 6) is 0. The van der Waals surface area contributed by atoms with Crippen molar-refractivity contribution in [2.45, 2.75) is 15.3 Å². The monoisotopic (exact) mass is 216 g/mol. The summed E-state index contributed by atoms with van der Waals surface area (Å²) in [6, 6.07) is 0. The lowest BCUT2D eigenvalue weighted by molar-refractivity contribution is 0.931. The zero-order valence-electron chi connectivity index (χ0n) is 5.68. The van der Waals surface area contributed by atoms with E-state index in [4.69, 9.17) is 0 Å². The summed E-state index contributed by atoms with van der Waals surface area (Å²) in [5, 5.41) is 1.36. The third-order valence-electron chi connectivity index (χ3n) is 1.30. The van der Waals surface area contributed by atoms with Gasteiger partial charge in [0.15, 0.2) is 16.0 Å². The molecule has 0 atom stereocenters. The van der Waals surface area contributed by atoms with Crippen molar-refractivity contribution in [2.75, 3.05) is 0 Å². The average Bonchev–Trinajstić information content (AvgIpc) is 2.29. The summed E-state index contributed by atoms with van der Waals surface area (Å²) in [6.07, 6.45) is 0. The number of fused-ring (bicyclic) bond motifs is 1. The van der Waals surface area contributed by atoms with E-state index in [-0.39, 0.29) is 0 Å². The Balaban J connectivity index is 2.88. The molecule has 0 radical (unpaired) electrons. The van der Waals surface area contributed by atoms with Crippen LogP contribution in [0.2, 0.25) is 0 Å². The van der Waals surface area contributed by atoms with Crippen molar-refractivity contribution < 1.29 is 0 Å². The fraction of sp³-hybridized carbons (Fsp3) is 0. The molecule has 2 aromatic heterocycles. The summed E-state index contributed by atoms with van der Waals surface area (Å²) in [7, 11) is 0. The highest BCUT2D eigenvalue weighted by Crippen LogP contribution is 2.18. The van der Waals surface area contributed by atoms with Gasteiger partial charge in [0.2, 0.25) is 0 Å². The predicted octanol–water partition coefficient (Wildman–Crippen LogP) is 1.22. The lowest BCUT2D eigenvalue weighted by Gasteiger charge is -1.92. The Morgan fingerprint density at radius 2 is 1.75 bits per heavy atom. The van der Waals surface area contributed by atoms with Crippen LogP contribution in [0.15, 0.2) is 15.3 Å². The molecule has 0 aromatic carbocycles. The van der Waals surface area contributed by atoms with E-state index in [0.29, 0.717) is 26.5 Å². The molecule has 0 amide bonds. The van der Waals surface area contributed by atoms with Crippen LogP contribution in [0.1, 0.15) is 0 Å². The molecule has 0 spiro atoms. The Labute approximate surface area is 84.4 Å². The molecule has 12 heavy (non-hydrogen) atoms. The molecule has 2 rings (SSSR count). The van der Waals surface area contributed by atoms with Crippen molar-refractivity contribution in [1.29, 1.82) is 0 Å². The molecule has 0 aliphatic rings. The molecule has 62 valence electrons. The van der Waals surface area contributed by atoms with Gasteiger partial charge < -0.3 is 4.98 Å². The SMILES string of the molecule is Sc1nc(S)c2nc(S)[nH]c2n1. The summed E-state index contributed by atoms with van der Waals surface area (Å²) in [6.45, 7) is 0. The first-order valence-corrected chi connectivity index (χ1v) is 4.35. The summed E-state index contributed by atoms with van der Waals surface area (Å²) in [4.78, 5) is 14.8. The molecule has 0 bridgehead atoms. The lowest BCUT2D eigenvalue weighted by atomic mass is 10.6. The third-order valence-corrected chi connectivity index (χ3v) is 2.03. The number of aromatic nitrogens is 4. The maximum atomic E-state index is 4.12. The van der Waals surface area contributed by atoms with Crippen LogP contribution in [0, 0.1) is 0 Å². The minimum absolute atomic E-state index is 0.365. The molecule has 0 saturated carbocycles. The van der Waals surface area contributed by atoms with Gasteiger partial charge in [0.05, 0.1) is 0 Å². The van der Waals surface area contributed by atoms with E-state index < -0.39 is 0 Å². The van der Waals surface area contributed by atoms with Gasteiger partial charge in [0.1, 0.15) is 10.5 Å². The van der Waals surface area contributed by atoms with E-state index in [0.717, 1.165) is 0 Å². The van der Waals surface area contributed by atoms with Crippen molar-refractivity contribution >= 4 is 49.1 Å². The van der Waals surface area contributed by atoms with E-state index in [2.05, 4.69) is 57.8 Å². The topological polar surface area (TPSA) is 54.5 Å². The van der Waals surface area contributed by atoms with Crippen molar-refractivity contribution in [1.82, 2.24) is 19.9 Å². The van der Waals surface area contributed by atoms with Gasteiger partial charge >= 0.3 is 0 Å². The fourth-order valence-corrected chi connectivity index (χ4v) is 1.60. The highest BCUT2D eigenvalue weighted by Gasteiger charge is 2.06. The van der Waals surface area contributed by atoms with E-state index >= 15 is 0 Å². The van der Waals surface area contributed by atoms with E-state index in [9.17, 15) is 0 Å². The molecule has 2 aromatic rings. The van der Waals surface area contributed by atoms with Crippen LogP contribution in [0.4, 0.5) is 0 Å². The number of hydrogen-bond donors (Lipinski definition) is 4. The van der Waals surface area contributed by atoms with E-state index in [1.165, 1.54) is 0 Å². The summed E-state index contributed by atoms with van der Waals surface area (Å²) in [5.41, 5.74) is 1.21. The lowest BCUT2D eigenvalue weighted by Crippen LogP contribution is -1.86. The Kier molecular flexibility index (Phi) is 1.93. The number of thiol groups is 3. The van der Waals surface area contributed by atoms with Gasteiger partial charge in [-0.15, -0.1) is 37.9 Å². The van der Waals surface area contributed by atoms with Gasteiger partial charge in [-0.3, -0.25) is 0 Å². The molecule has 0 fully saturated rings. The van der Waals surface area contributed by atoms with Crippen LogP contribution in [0.25, 0.3) is 11.2 Å². The van der Waals surface area contributed by atoms with Crippen LogP contribution in [-0.2, 0) is 0 Å². The summed E-state index contributed by atoms with van der Waals surface area (Å²) >= 11 is 12.1. The second kappa shape index (κ2) is 2.82. The van der Waals surface area contributed by atoms with Gasteiger partial charge in [-0.05, 0) is 0 Å². The fourth-order valence-electron chi connectivity index (χ4n) is 0.861. The van der Waals surface area contributed by atoms with Crippen molar-refractivity contribution in [3.8, 4) is 0 Å². The number of rotatable bonds is 0. The number of hydrogen-bond acceptors (Lipinski definition) is 6. The quantitative estimate of drug-likeness (QED) is 0.304. The first-order valence-electron chi connectivity index (χ1n) is 3.01. The first kappa shape index (κ1) is 8.21. The smallest absolute Gasteiger partial charge is 0.187 e. The number of H-pyrrole nitrogens is 1. The zero-order valence-corrected chi connectivity index (χ0v) is 8.37. The molecule has 7 heteroatoms. The van der Waals surface area contributed by atoms with Crippen LogP contribution in [0.5, 0.6) is 0 Å². The maximum absolute atomic E-state index is 4.12. The molecule has 0 saturated heterocycles. The Morgan fingerprint density at radius 1 is 1.00 bits per heavy atom. The van der Waals surface area contributed by atoms with Gasteiger partial charge in [-0.2, -0.15) is 0 Å². The minimum Gasteiger partial charge on any atom is -0.318 e. The molecule has 1 N–H and O–H groups in total. The molecule has 0 unspecified atom stereocenters. The average molecular weight is 216 g/mol. The molecule has 2 heterocycles. The highest BCUT2D eigenvalue weighted by molar-refractivity contribution is 7.81. The second-order valence-corrected chi connectivity index (χ2v) is 3.35. The zero-order chi connectivity index (χ0) is 8.72. The molecule has 0 aliphatic heterocycles. The predicted molar refractivity (Wildman–Crippen MR) is 53.4 cm³/mol. The number of nitrogens with one attached hydrogen (secondary N) is 1. The van der Waals surface area contributed by atoms with Gasteiger partial charge in [-0.1, -0.05) is 0 Å². The van der Waals surface area contributed by atoms with Crippen LogP contribution in [0.3, 0.4) is 0 Å². The first-order chi connectivity index (χ1) is 5.66. The normalized spacial score (nSPS) is 10.9. The van der Waals surface area contributed by atoms with E-state index in [1.807, 2.05) is 0 Å². The maximum Gasteiger partial charge on any atom is 0.187 e. The van der Waals surface area contributed by atoms with Crippen LogP contribution in [-0.4, -0.2) is 19.9 Å². The molecule has 0 aliphatic carbocycles. The van der Waals surface area contributed by atoms with Crippen LogP contribution < -0.4 is 0 Å². The summed E-state index contributed by atoms with van der Waals surface area (Å²) < 4.78 is 0. The van der Waals surface area contributed by atoms with Gasteiger partial charge in [0.25, 0.3) is 0 Å². The van der Waals surface area contributed by atoms with Crippen molar-refractivity contribution in [3.63, 3.8) is 0 Å². The second-order valence-electron chi connectivity index (χ2n) is 2.10. The third kappa shape index (κ3) is 1.27. The van der Waals surface area contributed by atoms with Crippen molar-refractivity contribution in [2.24, 2.45) is 0 Å². The largest absolute Gasteiger partial charge is 0.318 e. The number of aromatic amines is 1. The Bertz CT molecular complexity index is 437. The number of imidazole rings is 1. The Hall–Kier alpha value is -0.400. The number of nitrogens with zero attached hydrogens (tertiary/aromatic N) is 3. The molecule has 4 nitrogen and oxygen atoms in total. The van der Waals surface area contributed by atoms with E-state index in [1.54, 1.807) is 0 Å².